The Balaban J connectivity index is 1.61. The highest BCUT2D eigenvalue weighted by Crippen LogP contribution is 2.29. The number of nitrogens with one attached hydrogen (secondary N) is 2. The van der Waals surface area contributed by atoms with E-state index in [-0.39, 0.29) is 17.9 Å². The third-order valence-corrected chi connectivity index (χ3v) is 9.20. The van der Waals surface area contributed by atoms with Crippen LogP contribution in [0.15, 0.2) is 97.1 Å². The summed E-state index contributed by atoms with van der Waals surface area (Å²) in [4.78, 5) is 41.0. The zero-order valence-corrected chi connectivity index (χ0v) is 29.4. The molecule has 4 rings (SSSR count). The second kappa shape index (κ2) is 17.1. The summed E-state index contributed by atoms with van der Waals surface area (Å²) in [5, 5.41) is 15.7. The van der Waals surface area contributed by atoms with Crippen molar-refractivity contribution in [2.45, 2.75) is 58.7 Å². The van der Waals surface area contributed by atoms with Gasteiger partial charge in [-0.15, -0.1) is 0 Å². The van der Waals surface area contributed by atoms with Gasteiger partial charge in [-0.2, -0.15) is 11.8 Å². The smallest absolute Gasteiger partial charge is 0.326 e. The third kappa shape index (κ3) is 10.3. The fourth-order valence-corrected chi connectivity index (χ4v) is 6.13. The SMILES string of the molecule is CSCCC(NC(=O)c1ccc(CN(CC(=O)NCC(C)(C)c2ccccc2)Cc2ccc(C)cc2)cc1-c1ccccc1C)C(=O)O. The molecule has 48 heavy (non-hydrogen) atoms. The first-order chi connectivity index (χ1) is 23.0. The monoisotopic (exact) mass is 665 g/mol. The number of carboxylic acids is 1. The van der Waals surface area contributed by atoms with E-state index in [1.165, 1.54) is 5.56 Å². The Morgan fingerprint density at radius 2 is 1.48 bits per heavy atom. The molecular weight excluding hydrogens is 619 g/mol. The van der Waals surface area contributed by atoms with Gasteiger partial charge in [-0.25, -0.2) is 4.79 Å². The molecule has 0 spiro atoms. The molecule has 0 aliphatic carbocycles. The number of benzene rings is 4. The molecule has 0 aliphatic heterocycles. The molecule has 0 bridgehead atoms. The fourth-order valence-electron chi connectivity index (χ4n) is 5.66. The summed E-state index contributed by atoms with van der Waals surface area (Å²) in [6, 6.07) is 31.0. The minimum Gasteiger partial charge on any atom is -0.480 e. The maximum atomic E-state index is 13.6. The van der Waals surface area contributed by atoms with Gasteiger partial charge in [-0.3, -0.25) is 14.5 Å². The van der Waals surface area contributed by atoms with Crippen molar-refractivity contribution < 1.29 is 19.5 Å². The molecule has 0 saturated carbocycles. The minimum absolute atomic E-state index is 0.0637. The van der Waals surface area contributed by atoms with E-state index in [0.29, 0.717) is 37.4 Å². The van der Waals surface area contributed by atoms with E-state index in [4.69, 9.17) is 0 Å². The van der Waals surface area contributed by atoms with Gasteiger partial charge in [-0.05, 0) is 77.8 Å². The van der Waals surface area contributed by atoms with Crippen molar-refractivity contribution in [3.8, 4) is 11.1 Å². The van der Waals surface area contributed by atoms with Crippen molar-refractivity contribution in [2.24, 2.45) is 0 Å². The van der Waals surface area contributed by atoms with Gasteiger partial charge in [0.2, 0.25) is 5.91 Å². The molecule has 4 aromatic carbocycles. The molecule has 7 nitrogen and oxygen atoms in total. The summed E-state index contributed by atoms with van der Waals surface area (Å²) in [5.74, 6) is -0.922. The summed E-state index contributed by atoms with van der Waals surface area (Å²) in [7, 11) is 0. The average Bonchev–Trinajstić information content (AvgIpc) is 3.07. The van der Waals surface area contributed by atoms with Gasteiger partial charge in [0.15, 0.2) is 0 Å². The summed E-state index contributed by atoms with van der Waals surface area (Å²) in [6.45, 7) is 10.0. The first-order valence-electron chi connectivity index (χ1n) is 16.3. The number of carbonyl (C=O) groups is 3. The van der Waals surface area contributed by atoms with E-state index in [2.05, 4.69) is 72.7 Å². The second-order valence-corrected chi connectivity index (χ2v) is 14.0. The van der Waals surface area contributed by atoms with Gasteiger partial charge >= 0.3 is 5.97 Å². The molecule has 2 amide bonds. The van der Waals surface area contributed by atoms with E-state index in [1.807, 2.05) is 67.8 Å². The second-order valence-electron chi connectivity index (χ2n) is 13.0. The topological polar surface area (TPSA) is 98.7 Å². The maximum absolute atomic E-state index is 13.6. The number of aliphatic carboxylic acids is 1. The van der Waals surface area contributed by atoms with Crippen molar-refractivity contribution in [3.05, 3.63) is 130 Å². The Morgan fingerprint density at radius 1 is 0.833 bits per heavy atom. The third-order valence-electron chi connectivity index (χ3n) is 8.56. The lowest BCUT2D eigenvalue weighted by atomic mass is 9.84. The van der Waals surface area contributed by atoms with Crippen LogP contribution in [-0.2, 0) is 28.1 Å². The Morgan fingerprint density at radius 3 is 2.15 bits per heavy atom. The van der Waals surface area contributed by atoms with Crippen LogP contribution in [0.25, 0.3) is 11.1 Å². The Kier molecular flexibility index (Phi) is 13.0. The Labute approximate surface area is 289 Å². The molecule has 0 saturated heterocycles. The summed E-state index contributed by atoms with van der Waals surface area (Å²) >= 11 is 1.54. The van der Waals surface area contributed by atoms with Gasteiger partial charge in [0, 0.05) is 30.6 Å². The molecule has 4 aromatic rings. The number of amides is 2. The van der Waals surface area contributed by atoms with E-state index < -0.39 is 17.9 Å². The number of nitrogens with zero attached hydrogens (tertiary/aromatic N) is 1. The lowest BCUT2D eigenvalue weighted by Crippen LogP contribution is -2.42. The van der Waals surface area contributed by atoms with Gasteiger partial charge < -0.3 is 15.7 Å². The van der Waals surface area contributed by atoms with Crippen LogP contribution >= 0.6 is 11.8 Å². The van der Waals surface area contributed by atoms with E-state index in [9.17, 15) is 19.5 Å². The number of thioether (sulfide) groups is 1. The lowest BCUT2D eigenvalue weighted by molar-refractivity contribution is -0.139. The minimum atomic E-state index is -1.05. The average molecular weight is 666 g/mol. The molecule has 1 atom stereocenters. The largest absolute Gasteiger partial charge is 0.480 e. The quantitative estimate of drug-likeness (QED) is 0.119. The molecule has 0 heterocycles. The van der Waals surface area contributed by atoms with Gasteiger partial charge in [0.1, 0.15) is 6.04 Å². The Bertz CT molecular complexity index is 1690. The molecule has 0 radical (unpaired) electrons. The predicted octanol–water partition coefficient (Wildman–Crippen LogP) is 7.00. The Hall–Kier alpha value is -4.40. The molecule has 0 fully saturated rings. The normalized spacial score (nSPS) is 12.0. The highest BCUT2D eigenvalue weighted by molar-refractivity contribution is 7.98. The van der Waals surface area contributed by atoms with Gasteiger partial charge in [0.05, 0.1) is 6.54 Å². The zero-order chi connectivity index (χ0) is 34.7. The summed E-state index contributed by atoms with van der Waals surface area (Å²) in [6.07, 6.45) is 2.24. The number of carbonyl (C=O) groups excluding carboxylic acids is 2. The van der Waals surface area contributed by atoms with Gasteiger partial charge in [-0.1, -0.05) is 104 Å². The number of hydrogen-bond acceptors (Lipinski definition) is 5. The van der Waals surface area contributed by atoms with Crippen LogP contribution in [0.1, 0.15) is 58.4 Å². The van der Waals surface area contributed by atoms with Crippen LogP contribution < -0.4 is 10.6 Å². The van der Waals surface area contributed by atoms with Crippen LogP contribution in [0.4, 0.5) is 0 Å². The number of carboxylic acid groups (broad SMARTS) is 1. The van der Waals surface area contributed by atoms with Crippen LogP contribution in [0.5, 0.6) is 0 Å². The molecule has 1 unspecified atom stereocenters. The standard InChI is InChI=1S/C40H47N3O4S/c1-28-15-17-30(18-16-28)24-43(26-37(44)41-27-40(3,4)32-12-7-6-8-13-32)25-31-19-20-34(35(23-31)33-14-10-9-11-29(33)2)38(45)42-36(39(46)47)21-22-48-5/h6-20,23,36H,21-22,24-27H2,1-5H3,(H,41,44)(H,42,45)(H,46,47). The van der Waals surface area contributed by atoms with Crippen molar-refractivity contribution in [1.29, 1.82) is 0 Å². The molecule has 252 valence electrons. The van der Waals surface area contributed by atoms with Crippen LogP contribution in [0, 0.1) is 13.8 Å². The van der Waals surface area contributed by atoms with Crippen molar-refractivity contribution in [3.63, 3.8) is 0 Å². The maximum Gasteiger partial charge on any atom is 0.326 e. The van der Waals surface area contributed by atoms with Crippen LogP contribution in [0.2, 0.25) is 0 Å². The predicted molar refractivity (Wildman–Crippen MR) is 196 cm³/mol. The lowest BCUT2D eigenvalue weighted by Gasteiger charge is -2.27. The molecule has 8 heteroatoms. The van der Waals surface area contributed by atoms with Crippen LogP contribution in [-0.4, -0.2) is 58.9 Å². The molecule has 0 aromatic heterocycles. The van der Waals surface area contributed by atoms with E-state index in [0.717, 1.165) is 33.4 Å². The number of hydrogen-bond donors (Lipinski definition) is 3. The highest BCUT2D eigenvalue weighted by atomic mass is 32.2. The first kappa shape index (κ1) is 36.4. The first-order valence-corrected chi connectivity index (χ1v) is 17.7. The molecular formula is C40H47N3O4S. The number of rotatable bonds is 16. The zero-order valence-electron chi connectivity index (χ0n) is 28.6. The summed E-state index contributed by atoms with van der Waals surface area (Å²) in [5.41, 5.74) is 7.16. The van der Waals surface area contributed by atoms with Gasteiger partial charge in [0.25, 0.3) is 5.91 Å². The van der Waals surface area contributed by atoms with Crippen molar-refractivity contribution in [2.75, 3.05) is 25.1 Å². The molecule has 3 N–H and O–H groups in total. The van der Waals surface area contributed by atoms with Crippen LogP contribution in [0.3, 0.4) is 0 Å². The van der Waals surface area contributed by atoms with E-state index in [1.54, 1.807) is 17.8 Å². The molecule has 0 aliphatic rings. The van der Waals surface area contributed by atoms with Crippen molar-refractivity contribution >= 4 is 29.5 Å². The highest BCUT2D eigenvalue weighted by Gasteiger charge is 2.24. The number of aryl methyl sites for hydroxylation is 2. The van der Waals surface area contributed by atoms with E-state index >= 15 is 0 Å². The van der Waals surface area contributed by atoms with Crippen molar-refractivity contribution in [1.82, 2.24) is 15.5 Å². The fraction of sp³-hybridized carbons (Fsp3) is 0.325. The summed E-state index contributed by atoms with van der Waals surface area (Å²) < 4.78 is 0.